The molecule has 1 aliphatic rings. The highest BCUT2D eigenvalue weighted by atomic mass is 14.3. The smallest absolute Gasteiger partial charge is 0.000718 e. The van der Waals surface area contributed by atoms with Crippen LogP contribution in [0.5, 0.6) is 0 Å². The van der Waals surface area contributed by atoms with E-state index in [1.165, 1.54) is 196 Å². The molecule has 1 aliphatic carbocycles. The van der Waals surface area contributed by atoms with Crippen LogP contribution in [0.25, 0.3) is 196 Å². The van der Waals surface area contributed by atoms with Crippen molar-refractivity contribution in [3.8, 4) is 77.9 Å². The van der Waals surface area contributed by atoms with Crippen LogP contribution in [-0.4, -0.2) is 0 Å². The van der Waals surface area contributed by atoms with Gasteiger partial charge in [0, 0.05) is 0 Å². The van der Waals surface area contributed by atoms with E-state index in [1.807, 2.05) is 0 Å². The number of hydrogen-bond donors (Lipinski definition) is 0. The van der Waals surface area contributed by atoms with Gasteiger partial charge in [0.1, 0.15) is 0 Å². The predicted molar refractivity (Wildman–Crippen MR) is 351 cm³/mol. The Morgan fingerprint density at radius 3 is 1.11 bits per heavy atom. The van der Waals surface area contributed by atoms with Crippen molar-refractivity contribution in [1.29, 1.82) is 0 Å². The van der Waals surface area contributed by atoms with E-state index in [-0.39, 0.29) is 7.43 Å². The van der Waals surface area contributed by atoms with Crippen molar-refractivity contribution >= 4 is 118 Å². The summed E-state index contributed by atoms with van der Waals surface area (Å²) in [6, 6.07) is 101. The van der Waals surface area contributed by atoms with Gasteiger partial charge in [0.05, 0.1) is 0 Å². The maximum absolute atomic E-state index is 2.58. The molecule has 0 saturated heterocycles. The highest BCUT2D eigenvalue weighted by molar-refractivity contribution is 6.48. The first-order valence-electron chi connectivity index (χ1n) is 28.1. The molecule has 0 aromatic heterocycles. The zero-order valence-electron chi connectivity index (χ0n) is 43.4. The molecular weight excluding hydrogens is 973 g/mol. The first kappa shape index (κ1) is 44.6. The van der Waals surface area contributed by atoms with Crippen LogP contribution in [0.1, 0.15) is 7.43 Å². The number of benzene rings is 16. The zero-order valence-corrected chi connectivity index (χ0v) is 43.4. The first-order chi connectivity index (χ1) is 39.7. The molecule has 0 saturated carbocycles. The number of rotatable bonds is 5. The van der Waals surface area contributed by atoms with Crippen molar-refractivity contribution in [3.05, 3.63) is 267 Å². The van der Waals surface area contributed by atoms with Crippen LogP contribution in [0.3, 0.4) is 0 Å². The molecule has 0 bridgehead atoms. The van der Waals surface area contributed by atoms with E-state index in [2.05, 4.69) is 267 Å². The van der Waals surface area contributed by atoms with Gasteiger partial charge in [-0.15, -0.1) is 0 Å². The Bertz CT molecular complexity index is 5580. The molecule has 372 valence electrons. The lowest BCUT2D eigenvalue weighted by molar-refractivity contribution is 1.60. The summed E-state index contributed by atoms with van der Waals surface area (Å²) in [6.07, 6.45) is 0. The third-order valence-electron chi connectivity index (χ3n) is 18.6. The second-order valence-electron chi connectivity index (χ2n) is 22.4. The second kappa shape index (κ2) is 16.3. The summed E-state index contributed by atoms with van der Waals surface area (Å²) in [5, 5.41) is 28.8. The van der Waals surface area contributed by atoms with E-state index >= 15 is 0 Å². The normalized spacial score (nSPS) is 12.3. The molecule has 81 heavy (non-hydrogen) atoms. The van der Waals surface area contributed by atoms with E-state index in [0.29, 0.717) is 0 Å². The first-order valence-corrected chi connectivity index (χ1v) is 28.1. The van der Waals surface area contributed by atoms with E-state index < -0.39 is 0 Å². The minimum Gasteiger partial charge on any atom is -0.0776 e. The van der Waals surface area contributed by atoms with Crippen LogP contribution in [0, 0.1) is 0 Å². The third-order valence-corrected chi connectivity index (χ3v) is 18.6. The molecular formula is C81H48. The van der Waals surface area contributed by atoms with Gasteiger partial charge >= 0.3 is 0 Å². The molecule has 0 heterocycles. The third kappa shape index (κ3) is 5.83. The number of fused-ring (bicyclic) bond motifs is 13. The van der Waals surface area contributed by atoms with Gasteiger partial charge in [-0.3, -0.25) is 0 Å². The fourth-order valence-corrected chi connectivity index (χ4v) is 15.4. The summed E-state index contributed by atoms with van der Waals surface area (Å²) < 4.78 is 0. The maximum atomic E-state index is 2.58. The average Bonchev–Trinajstić information content (AvgIpc) is 3.19. The molecule has 19 rings (SSSR count). The molecule has 18 aromatic carbocycles. The lowest BCUT2D eigenvalue weighted by Gasteiger charge is -2.19. The Morgan fingerprint density at radius 2 is 0.531 bits per heavy atom. The topological polar surface area (TPSA) is 0 Å². The van der Waals surface area contributed by atoms with E-state index in [9.17, 15) is 0 Å². The second-order valence-corrected chi connectivity index (χ2v) is 22.4. The van der Waals surface area contributed by atoms with Crippen molar-refractivity contribution in [2.45, 2.75) is 7.43 Å². The van der Waals surface area contributed by atoms with Gasteiger partial charge in [0.2, 0.25) is 0 Å². The van der Waals surface area contributed by atoms with Crippen LogP contribution in [0.2, 0.25) is 0 Å². The summed E-state index contributed by atoms with van der Waals surface area (Å²) in [5.74, 6) is 0. The van der Waals surface area contributed by atoms with E-state index in [4.69, 9.17) is 0 Å². The molecule has 0 atom stereocenters. The monoisotopic (exact) mass is 1020 g/mol. The fraction of sp³-hybridized carbons (Fsp3) is 0.0123. The van der Waals surface area contributed by atoms with Gasteiger partial charge in [-0.2, -0.15) is 0 Å². The Labute approximate surface area is 468 Å². The van der Waals surface area contributed by atoms with Crippen molar-refractivity contribution in [1.82, 2.24) is 0 Å². The van der Waals surface area contributed by atoms with Gasteiger partial charge in [-0.25, -0.2) is 0 Å². The molecule has 18 aromatic rings. The van der Waals surface area contributed by atoms with E-state index in [0.717, 1.165) is 0 Å². The van der Waals surface area contributed by atoms with Crippen molar-refractivity contribution in [2.24, 2.45) is 0 Å². The summed E-state index contributed by atoms with van der Waals surface area (Å²) in [6.45, 7) is 0. The van der Waals surface area contributed by atoms with Gasteiger partial charge in [-0.05, 0) is 221 Å². The maximum Gasteiger partial charge on any atom is -0.000718 e. The highest BCUT2D eigenvalue weighted by Gasteiger charge is 2.30. The molecule has 0 aliphatic heterocycles. The van der Waals surface area contributed by atoms with Crippen LogP contribution in [-0.2, 0) is 0 Å². The molecule has 0 N–H and O–H groups in total. The van der Waals surface area contributed by atoms with Crippen molar-refractivity contribution in [2.75, 3.05) is 0 Å². The quantitative estimate of drug-likeness (QED) is 0.119. The molecule has 0 amide bonds. The van der Waals surface area contributed by atoms with Gasteiger partial charge in [-0.1, -0.05) is 250 Å². The summed E-state index contributed by atoms with van der Waals surface area (Å²) in [7, 11) is 0. The van der Waals surface area contributed by atoms with Crippen molar-refractivity contribution < 1.29 is 0 Å². The van der Waals surface area contributed by atoms with Crippen molar-refractivity contribution in [3.63, 3.8) is 0 Å². The SMILES string of the molecule is C.c1ccc(-c2ccccc2-c2ccc3c4cc5c(-c6ccccc6-c6ccccc6)c6c7ccc8c9ccc%10c%11c(ccc(c%12ccc(c6c(-c6ccccc6)c5cc4c4cccc2c43)c7c%128)c%119)-c2cc3ccccc3cc2-%10)cc1. The van der Waals surface area contributed by atoms with Crippen LogP contribution >= 0.6 is 0 Å². The van der Waals surface area contributed by atoms with Crippen LogP contribution in [0.15, 0.2) is 267 Å². The summed E-state index contributed by atoms with van der Waals surface area (Å²) in [4.78, 5) is 0. The van der Waals surface area contributed by atoms with Gasteiger partial charge in [0.25, 0.3) is 0 Å². The minimum absolute atomic E-state index is 0. The highest BCUT2D eigenvalue weighted by Crippen LogP contribution is 2.58. The van der Waals surface area contributed by atoms with Crippen LogP contribution in [0.4, 0.5) is 0 Å². The molecule has 0 fully saturated rings. The lowest BCUT2D eigenvalue weighted by atomic mass is 9.83. The molecule has 0 unspecified atom stereocenters. The average molecular weight is 1020 g/mol. The molecule has 0 radical (unpaired) electrons. The Kier molecular flexibility index (Phi) is 8.99. The van der Waals surface area contributed by atoms with E-state index in [1.54, 1.807) is 0 Å². The fourth-order valence-electron chi connectivity index (χ4n) is 15.4. The Balaban J connectivity index is 0.00000505. The largest absolute Gasteiger partial charge is 0.0776 e. The molecule has 0 nitrogen and oxygen atoms in total. The molecule has 0 spiro atoms. The number of hydrogen-bond acceptors (Lipinski definition) is 0. The summed E-state index contributed by atoms with van der Waals surface area (Å²) >= 11 is 0. The Hall–Kier alpha value is -10.4. The summed E-state index contributed by atoms with van der Waals surface area (Å²) in [5.41, 5.74) is 17.8. The zero-order chi connectivity index (χ0) is 51.9. The lowest BCUT2D eigenvalue weighted by Crippen LogP contribution is -1.92. The van der Waals surface area contributed by atoms with Crippen LogP contribution < -0.4 is 0 Å². The minimum atomic E-state index is 0. The molecule has 0 heteroatoms. The predicted octanol–water partition coefficient (Wildman–Crippen LogP) is 23.3. The standard InChI is InChI=1S/C80H44.CH4/c1-4-17-45(18-5-1)50-25-12-14-27-52(50)53-31-32-61-69-44-71-70(43-68(69)56-30-16-29-55(53)73(56)61)72(47-21-8-3-9-22-47)79-64-39-37-59-57-33-35-62-66-41-48-23-10-11-24-49(48)42-67(66)63-36-34-58(74(57)76(62)63)60-38-40-65(78(64)75(59)60)80(79)77(71)54-28-15-13-26-51(54)46-19-6-2-7-20-46;/h1-44H;1H4. The Morgan fingerprint density at radius 1 is 0.148 bits per heavy atom. The van der Waals surface area contributed by atoms with Gasteiger partial charge < -0.3 is 0 Å². The van der Waals surface area contributed by atoms with Gasteiger partial charge in [0.15, 0.2) is 0 Å².